The van der Waals surface area contributed by atoms with Crippen LogP contribution in [0.5, 0.6) is 0 Å². The van der Waals surface area contributed by atoms with Gasteiger partial charge in [-0.1, -0.05) is 20.8 Å². The van der Waals surface area contributed by atoms with Gasteiger partial charge in [0.05, 0.1) is 0 Å². The van der Waals surface area contributed by atoms with Crippen molar-refractivity contribution in [2.75, 3.05) is 31.1 Å². The van der Waals surface area contributed by atoms with Crippen LogP contribution in [-0.4, -0.2) is 48.4 Å². The molecule has 26 heavy (non-hydrogen) atoms. The minimum absolute atomic E-state index is 0.0562. The largest absolute Gasteiger partial charge is 0.368 e. The van der Waals surface area contributed by atoms with Crippen LogP contribution in [0.3, 0.4) is 0 Å². The second kappa shape index (κ2) is 7.64. The van der Waals surface area contributed by atoms with E-state index >= 15 is 0 Å². The summed E-state index contributed by atoms with van der Waals surface area (Å²) in [6.07, 6.45) is 0.775. The Morgan fingerprint density at radius 1 is 1.00 bits per heavy atom. The van der Waals surface area contributed by atoms with Gasteiger partial charge >= 0.3 is 11.8 Å². The summed E-state index contributed by atoms with van der Waals surface area (Å²) in [6.45, 7) is 12.4. The lowest BCUT2D eigenvalue weighted by Gasteiger charge is -2.37. The van der Waals surface area contributed by atoms with Crippen molar-refractivity contribution in [2.24, 2.45) is 5.41 Å². The molecule has 1 N–H and O–H groups in total. The van der Waals surface area contributed by atoms with Gasteiger partial charge in [-0.25, -0.2) is 4.39 Å². The highest BCUT2D eigenvalue weighted by atomic mass is 19.1. The van der Waals surface area contributed by atoms with E-state index in [0.29, 0.717) is 26.2 Å². The quantitative estimate of drug-likeness (QED) is 0.840. The minimum Gasteiger partial charge on any atom is -0.368 e. The summed E-state index contributed by atoms with van der Waals surface area (Å²) in [6, 6.07) is 6.32. The minimum atomic E-state index is -0.547. The maximum Gasteiger partial charge on any atom is 0.312 e. The Morgan fingerprint density at radius 3 is 2.04 bits per heavy atom. The Bertz CT molecular complexity index is 642. The number of nitrogens with zero attached hydrogens (tertiary/aromatic N) is 2. The summed E-state index contributed by atoms with van der Waals surface area (Å²) in [7, 11) is 0. The van der Waals surface area contributed by atoms with Gasteiger partial charge in [0.15, 0.2) is 0 Å². The van der Waals surface area contributed by atoms with Crippen molar-refractivity contribution in [3.8, 4) is 0 Å². The zero-order valence-electron chi connectivity index (χ0n) is 16.4. The van der Waals surface area contributed by atoms with Crippen molar-refractivity contribution in [2.45, 2.75) is 46.6 Å². The molecule has 1 aliphatic heterocycles. The first-order valence-electron chi connectivity index (χ1n) is 9.09. The highest BCUT2D eigenvalue weighted by molar-refractivity contribution is 6.35. The lowest BCUT2D eigenvalue weighted by atomic mass is 9.82. The van der Waals surface area contributed by atoms with Crippen LogP contribution >= 0.6 is 0 Å². The van der Waals surface area contributed by atoms with E-state index in [9.17, 15) is 14.0 Å². The molecule has 0 unspecified atom stereocenters. The molecule has 0 aliphatic carbocycles. The molecular weight excluding hydrogens is 333 g/mol. The molecule has 1 aliphatic rings. The molecule has 5 nitrogen and oxygen atoms in total. The van der Waals surface area contributed by atoms with Crippen LogP contribution in [0.1, 0.15) is 41.0 Å². The molecule has 1 fully saturated rings. The fourth-order valence-electron chi connectivity index (χ4n) is 3.69. The molecule has 144 valence electrons. The Hall–Kier alpha value is -2.11. The second-order valence-electron chi connectivity index (χ2n) is 8.83. The number of amides is 2. The summed E-state index contributed by atoms with van der Waals surface area (Å²) in [5.41, 5.74) is 0.538. The monoisotopic (exact) mass is 363 g/mol. The van der Waals surface area contributed by atoms with Crippen molar-refractivity contribution in [3.63, 3.8) is 0 Å². The van der Waals surface area contributed by atoms with E-state index in [-0.39, 0.29) is 11.2 Å². The number of hydrogen-bond donors (Lipinski definition) is 1. The normalized spacial score (nSPS) is 15.8. The maximum atomic E-state index is 13.0. The number of anilines is 1. The first-order valence-corrected chi connectivity index (χ1v) is 9.09. The second-order valence-corrected chi connectivity index (χ2v) is 8.83. The standard InChI is InChI=1S/C20H30FN3O2/c1-19(2,3)14-20(4,5)22-17(25)18(26)24-12-10-23(11-13-24)16-8-6-15(21)7-9-16/h6-9H,10-14H2,1-5H3,(H,22,25). The third kappa shape index (κ3) is 5.71. The number of hydrogen-bond acceptors (Lipinski definition) is 3. The predicted octanol–water partition coefficient (Wildman–Crippen LogP) is 2.81. The van der Waals surface area contributed by atoms with E-state index < -0.39 is 17.4 Å². The number of piperazine rings is 1. The molecule has 2 amide bonds. The van der Waals surface area contributed by atoms with Gasteiger partial charge in [-0.3, -0.25) is 9.59 Å². The Balaban J connectivity index is 1.89. The van der Waals surface area contributed by atoms with Crippen LogP contribution in [0.2, 0.25) is 0 Å². The summed E-state index contributed by atoms with van der Waals surface area (Å²) in [4.78, 5) is 28.5. The number of carbonyl (C=O) groups is 2. The zero-order valence-corrected chi connectivity index (χ0v) is 16.4. The average molecular weight is 363 g/mol. The third-order valence-corrected chi connectivity index (χ3v) is 4.38. The molecule has 0 aromatic heterocycles. The smallest absolute Gasteiger partial charge is 0.312 e. The lowest BCUT2D eigenvalue weighted by Crippen LogP contribution is -2.56. The number of benzene rings is 1. The van der Waals surface area contributed by atoms with Crippen molar-refractivity contribution >= 4 is 17.5 Å². The van der Waals surface area contributed by atoms with Crippen molar-refractivity contribution < 1.29 is 14.0 Å². The third-order valence-electron chi connectivity index (χ3n) is 4.38. The topological polar surface area (TPSA) is 52.7 Å². The molecule has 1 heterocycles. The van der Waals surface area contributed by atoms with Crippen LogP contribution in [0.25, 0.3) is 0 Å². The van der Waals surface area contributed by atoms with E-state index in [4.69, 9.17) is 0 Å². The van der Waals surface area contributed by atoms with Crippen LogP contribution in [0.4, 0.5) is 10.1 Å². The fourth-order valence-corrected chi connectivity index (χ4v) is 3.69. The van der Waals surface area contributed by atoms with E-state index in [1.54, 1.807) is 17.0 Å². The van der Waals surface area contributed by atoms with Crippen molar-refractivity contribution in [1.29, 1.82) is 0 Å². The molecule has 6 heteroatoms. The highest BCUT2D eigenvalue weighted by Crippen LogP contribution is 2.26. The summed E-state index contributed by atoms with van der Waals surface area (Å²) in [5.74, 6) is -1.29. The zero-order chi connectivity index (χ0) is 19.5. The molecule has 1 aromatic rings. The van der Waals surface area contributed by atoms with Gasteiger partial charge in [-0.15, -0.1) is 0 Å². The Morgan fingerprint density at radius 2 is 1.54 bits per heavy atom. The van der Waals surface area contributed by atoms with Gasteiger partial charge in [0.1, 0.15) is 5.82 Å². The summed E-state index contributed by atoms with van der Waals surface area (Å²) in [5, 5.41) is 2.87. The summed E-state index contributed by atoms with van der Waals surface area (Å²) >= 11 is 0. The van der Waals surface area contributed by atoms with Gasteiger partial charge in [0.25, 0.3) is 0 Å². The first-order chi connectivity index (χ1) is 12.0. The van der Waals surface area contributed by atoms with Gasteiger partial charge < -0.3 is 15.1 Å². The molecule has 0 saturated carbocycles. The SMILES string of the molecule is CC(C)(C)CC(C)(C)NC(=O)C(=O)N1CCN(c2ccc(F)cc2)CC1. The number of nitrogens with one attached hydrogen (secondary N) is 1. The molecule has 0 atom stereocenters. The first kappa shape index (κ1) is 20.2. The van der Waals surface area contributed by atoms with E-state index in [2.05, 4.69) is 31.0 Å². The van der Waals surface area contributed by atoms with Gasteiger partial charge in [0, 0.05) is 37.4 Å². The molecule has 2 rings (SSSR count). The highest BCUT2D eigenvalue weighted by Gasteiger charge is 2.32. The fraction of sp³-hybridized carbons (Fsp3) is 0.600. The van der Waals surface area contributed by atoms with Crippen molar-refractivity contribution in [3.05, 3.63) is 30.1 Å². The molecule has 0 spiro atoms. The summed E-state index contributed by atoms with van der Waals surface area (Å²) < 4.78 is 13.0. The number of carbonyl (C=O) groups excluding carboxylic acids is 2. The maximum absolute atomic E-state index is 13.0. The van der Waals surface area contributed by atoms with Crippen LogP contribution in [0.15, 0.2) is 24.3 Å². The number of halogens is 1. The van der Waals surface area contributed by atoms with Gasteiger partial charge in [0.2, 0.25) is 0 Å². The molecule has 0 bridgehead atoms. The molecule has 1 aromatic carbocycles. The average Bonchev–Trinajstić information content (AvgIpc) is 2.52. The van der Waals surface area contributed by atoms with Crippen LogP contribution in [0, 0.1) is 11.2 Å². The Kier molecular flexibility index (Phi) is 5.94. The van der Waals surface area contributed by atoms with E-state index in [1.165, 1.54) is 12.1 Å². The van der Waals surface area contributed by atoms with Crippen LogP contribution < -0.4 is 10.2 Å². The van der Waals surface area contributed by atoms with Crippen LogP contribution in [-0.2, 0) is 9.59 Å². The van der Waals surface area contributed by atoms with E-state index in [1.807, 2.05) is 13.8 Å². The molecule has 1 saturated heterocycles. The lowest BCUT2D eigenvalue weighted by molar-refractivity contribution is -0.147. The van der Waals surface area contributed by atoms with Gasteiger partial charge in [-0.2, -0.15) is 0 Å². The number of rotatable bonds is 3. The predicted molar refractivity (Wildman–Crippen MR) is 101 cm³/mol. The molecule has 0 radical (unpaired) electrons. The van der Waals surface area contributed by atoms with Gasteiger partial charge in [-0.05, 0) is 49.9 Å². The van der Waals surface area contributed by atoms with Crippen molar-refractivity contribution in [1.82, 2.24) is 10.2 Å². The Labute approximate surface area is 155 Å². The van der Waals surface area contributed by atoms with E-state index in [0.717, 1.165) is 12.1 Å². The molecular formula is C20H30FN3O2.